The lowest BCUT2D eigenvalue weighted by Gasteiger charge is -2.04. The molecule has 1 aromatic carbocycles. The lowest BCUT2D eigenvalue weighted by molar-refractivity contribution is -0.113. The van der Waals surface area contributed by atoms with Gasteiger partial charge in [-0.25, -0.2) is 0 Å². The summed E-state index contributed by atoms with van der Waals surface area (Å²) in [5.41, 5.74) is 6.21. The number of nitrogens with one attached hydrogen (secondary N) is 2. The molecule has 0 spiro atoms. The first-order chi connectivity index (χ1) is 13.4. The summed E-state index contributed by atoms with van der Waals surface area (Å²) in [5, 5.41) is 16.9. The Morgan fingerprint density at radius 1 is 1.18 bits per heavy atom. The number of nitrogens with two attached hydrogens (primary N) is 1. The van der Waals surface area contributed by atoms with Crippen LogP contribution < -0.4 is 16.4 Å². The minimum absolute atomic E-state index is 0.0998. The molecule has 144 valence electrons. The van der Waals surface area contributed by atoms with Gasteiger partial charge in [0.2, 0.25) is 16.9 Å². The van der Waals surface area contributed by atoms with Crippen molar-refractivity contribution in [2.75, 3.05) is 16.4 Å². The van der Waals surface area contributed by atoms with Crippen molar-refractivity contribution in [3.8, 4) is 0 Å². The number of anilines is 2. The number of carbonyl (C=O) groups excluding carboxylic acids is 3. The molecule has 0 aliphatic rings. The standard InChI is InChI=1S/C16H14N6O4S2/c1-8-6-11(22-26-8)14(25)19-15-20-21-16(28-15)27-7-12(23)18-10-4-2-9(3-5-10)13(17)24/h2-6H,7H2,1H3,(H2,17,24)(H,18,23)(H,19,20,25). The van der Waals surface area contributed by atoms with E-state index in [4.69, 9.17) is 10.3 Å². The zero-order chi connectivity index (χ0) is 20.1. The number of carbonyl (C=O) groups is 3. The van der Waals surface area contributed by atoms with Crippen LogP contribution in [0.3, 0.4) is 0 Å². The number of nitrogens with zero attached hydrogens (tertiary/aromatic N) is 3. The number of thioether (sulfide) groups is 1. The average Bonchev–Trinajstić information content (AvgIpc) is 3.29. The Hall–Kier alpha value is -3.25. The van der Waals surface area contributed by atoms with Crippen LogP contribution >= 0.6 is 23.1 Å². The Labute approximate surface area is 166 Å². The number of benzene rings is 1. The fraction of sp³-hybridized carbons (Fsp3) is 0.125. The predicted octanol–water partition coefficient (Wildman–Crippen LogP) is 1.92. The first-order valence-corrected chi connectivity index (χ1v) is 9.61. The molecule has 0 aliphatic carbocycles. The van der Waals surface area contributed by atoms with Crippen molar-refractivity contribution in [3.05, 3.63) is 47.3 Å². The number of hydrogen-bond acceptors (Lipinski definition) is 9. The summed E-state index contributed by atoms with van der Waals surface area (Å²) >= 11 is 2.31. The maximum atomic E-state index is 12.0. The number of hydrogen-bond donors (Lipinski definition) is 3. The van der Waals surface area contributed by atoms with Crippen molar-refractivity contribution in [1.29, 1.82) is 0 Å². The second-order valence-electron chi connectivity index (χ2n) is 5.43. The molecule has 28 heavy (non-hydrogen) atoms. The lowest BCUT2D eigenvalue weighted by Crippen LogP contribution is -2.14. The Morgan fingerprint density at radius 3 is 2.57 bits per heavy atom. The van der Waals surface area contributed by atoms with Crippen LogP contribution in [0.2, 0.25) is 0 Å². The molecule has 3 rings (SSSR count). The smallest absolute Gasteiger partial charge is 0.279 e. The van der Waals surface area contributed by atoms with Gasteiger partial charge in [-0.2, -0.15) is 0 Å². The van der Waals surface area contributed by atoms with Gasteiger partial charge in [-0.15, -0.1) is 10.2 Å². The molecule has 0 fully saturated rings. The molecule has 0 saturated carbocycles. The van der Waals surface area contributed by atoms with Gasteiger partial charge in [0.25, 0.3) is 5.91 Å². The third-order valence-electron chi connectivity index (χ3n) is 3.27. The maximum absolute atomic E-state index is 12.0. The second kappa shape index (κ2) is 8.63. The highest BCUT2D eigenvalue weighted by atomic mass is 32.2. The number of amides is 3. The maximum Gasteiger partial charge on any atom is 0.279 e. The van der Waals surface area contributed by atoms with Crippen LogP contribution in [0.1, 0.15) is 26.6 Å². The van der Waals surface area contributed by atoms with Crippen LogP contribution in [0.4, 0.5) is 10.8 Å². The number of aryl methyl sites for hydroxylation is 1. The third-order valence-corrected chi connectivity index (χ3v) is 5.24. The molecule has 4 N–H and O–H groups in total. The van der Waals surface area contributed by atoms with E-state index in [1.807, 2.05) is 0 Å². The van der Waals surface area contributed by atoms with Crippen molar-refractivity contribution in [2.24, 2.45) is 5.73 Å². The van der Waals surface area contributed by atoms with E-state index in [1.54, 1.807) is 19.1 Å². The normalized spacial score (nSPS) is 10.5. The summed E-state index contributed by atoms with van der Waals surface area (Å²) < 4.78 is 5.36. The van der Waals surface area contributed by atoms with Crippen molar-refractivity contribution >= 4 is 51.6 Å². The van der Waals surface area contributed by atoms with E-state index in [2.05, 4.69) is 26.0 Å². The van der Waals surface area contributed by atoms with Crippen molar-refractivity contribution in [1.82, 2.24) is 15.4 Å². The van der Waals surface area contributed by atoms with E-state index in [9.17, 15) is 14.4 Å². The largest absolute Gasteiger partial charge is 0.366 e. The van der Waals surface area contributed by atoms with Crippen LogP contribution in [0, 0.1) is 6.92 Å². The van der Waals surface area contributed by atoms with Gasteiger partial charge in [-0.1, -0.05) is 28.3 Å². The number of primary amides is 1. The molecule has 0 aliphatic heterocycles. The zero-order valence-electron chi connectivity index (χ0n) is 14.5. The van der Waals surface area contributed by atoms with E-state index < -0.39 is 11.8 Å². The average molecular weight is 418 g/mol. The summed E-state index contributed by atoms with van der Waals surface area (Å²) in [4.78, 5) is 35.0. The van der Waals surface area contributed by atoms with E-state index >= 15 is 0 Å². The van der Waals surface area contributed by atoms with Gasteiger partial charge in [0.1, 0.15) is 5.76 Å². The van der Waals surface area contributed by atoms with E-state index in [1.165, 1.54) is 30.0 Å². The predicted molar refractivity (Wildman–Crippen MR) is 103 cm³/mol. The highest BCUT2D eigenvalue weighted by Crippen LogP contribution is 2.26. The fourth-order valence-electron chi connectivity index (χ4n) is 2.00. The van der Waals surface area contributed by atoms with Crippen LogP contribution in [0.5, 0.6) is 0 Å². The topological polar surface area (TPSA) is 153 Å². The highest BCUT2D eigenvalue weighted by molar-refractivity contribution is 8.01. The highest BCUT2D eigenvalue weighted by Gasteiger charge is 2.15. The molecule has 10 nitrogen and oxygen atoms in total. The molecule has 3 aromatic rings. The minimum atomic E-state index is -0.536. The fourth-order valence-corrected chi connectivity index (χ4v) is 3.54. The number of rotatable bonds is 7. The van der Waals surface area contributed by atoms with Gasteiger partial charge in [-0.05, 0) is 31.2 Å². The molecule has 0 bridgehead atoms. The van der Waals surface area contributed by atoms with Crippen LogP contribution in [0.25, 0.3) is 0 Å². The van der Waals surface area contributed by atoms with E-state index in [-0.39, 0.29) is 22.5 Å². The number of aromatic nitrogens is 3. The molecule has 2 heterocycles. The molecule has 12 heteroatoms. The van der Waals surface area contributed by atoms with Gasteiger partial charge in [-0.3, -0.25) is 19.7 Å². The Balaban J connectivity index is 1.49. The van der Waals surface area contributed by atoms with Crippen LogP contribution in [-0.2, 0) is 4.79 Å². The third kappa shape index (κ3) is 5.14. The second-order valence-corrected chi connectivity index (χ2v) is 7.63. The lowest BCUT2D eigenvalue weighted by atomic mass is 10.2. The van der Waals surface area contributed by atoms with Crippen molar-refractivity contribution in [3.63, 3.8) is 0 Å². The Morgan fingerprint density at radius 2 is 1.93 bits per heavy atom. The molecular formula is C16H14N6O4S2. The minimum Gasteiger partial charge on any atom is -0.366 e. The summed E-state index contributed by atoms with van der Waals surface area (Å²) in [6.07, 6.45) is 0. The Bertz CT molecular complexity index is 1010. The molecule has 0 radical (unpaired) electrons. The molecule has 0 saturated heterocycles. The van der Waals surface area contributed by atoms with Gasteiger partial charge >= 0.3 is 0 Å². The quantitative estimate of drug-likeness (QED) is 0.388. The van der Waals surface area contributed by atoms with E-state index in [0.717, 1.165) is 11.3 Å². The molecular weight excluding hydrogens is 404 g/mol. The molecule has 0 atom stereocenters. The monoisotopic (exact) mass is 418 g/mol. The summed E-state index contributed by atoms with van der Waals surface area (Å²) in [5.74, 6) is -0.625. The first kappa shape index (κ1) is 19.5. The summed E-state index contributed by atoms with van der Waals surface area (Å²) in [6.45, 7) is 1.68. The molecule has 0 unspecified atom stereocenters. The van der Waals surface area contributed by atoms with Gasteiger partial charge in [0.15, 0.2) is 10.0 Å². The van der Waals surface area contributed by atoms with Crippen LogP contribution in [0.15, 0.2) is 39.2 Å². The zero-order valence-corrected chi connectivity index (χ0v) is 16.1. The molecule has 3 amide bonds. The van der Waals surface area contributed by atoms with E-state index in [0.29, 0.717) is 21.4 Å². The molecule has 2 aromatic heterocycles. The first-order valence-electron chi connectivity index (χ1n) is 7.81. The SMILES string of the molecule is Cc1cc(C(=O)Nc2nnc(SCC(=O)Nc3ccc(C(N)=O)cc3)s2)no1. The Kier molecular flexibility index (Phi) is 6.01. The van der Waals surface area contributed by atoms with Crippen LogP contribution in [-0.4, -0.2) is 38.8 Å². The van der Waals surface area contributed by atoms with Crippen molar-refractivity contribution in [2.45, 2.75) is 11.3 Å². The van der Waals surface area contributed by atoms with Crippen molar-refractivity contribution < 1.29 is 18.9 Å². The van der Waals surface area contributed by atoms with Gasteiger partial charge < -0.3 is 15.6 Å². The summed E-state index contributed by atoms with van der Waals surface area (Å²) in [6, 6.07) is 7.74. The van der Waals surface area contributed by atoms with Gasteiger partial charge in [0.05, 0.1) is 5.75 Å². The summed E-state index contributed by atoms with van der Waals surface area (Å²) in [7, 11) is 0. The van der Waals surface area contributed by atoms with Gasteiger partial charge in [0, 0.05) is 17.3 Å².